The first-order valence-corrected chi connectivity index (χ1v) is 6.01. The summed E-state index contributed by atoms with van der Waals surface area (Å²) in [7, 11) is 0. The first-order chi connectivity index (χ1) is 8.25. The highest BCUT2D eigenvalue weighted by Gasteiger charge is 2.15. The summed E-state index contributed by atoms with van der Waals surface area (Å²) in [6, 6.07) is 9.36. The predicted molar refractivity (Wildman–Crippen MR) is 66.8 cm³/mol. The molecule has 88 valence electrons. The number of carbonyl (C=O) groups is 1. The van der Waals surface area contributed by atoms with Gasteiger partial charge in [0, 0.05) is 5.69 Å². The fraction of sp³-hybridized carbons (Fsp3) is 0.182. The second-order valence-corrected chi connectivity index (χ2v) is 4.74. The van der Waals surface area contributed by atoms with E-state index < -0.39 is 0 Å². The van der Waals surface area contributed by atoms with Gasteiger partial charge in [0.25, 0.3) is 0 Å². The summed E-state index contributed by atoms with van der Waals surface area (Å²) in [6.45, 7) is 1.82. The molecule has 2 rings (SSSR count). The zero-order valence-corrected chi connectivity index (χ0v) is 10.1. The molecule has 1 heterocycles. The van der Waals surface area contributed by atoms with Crippen LogP contribution in [-0.4, -0.2) is 26.3 Å². The third-order valence-corrected chi connectivity index (χ3v) is 3.08. The van der Waals surface area contributed by atoms with Crippen LogP contribution in [0.4, 0.5) is 5.69 Å². The number of hydrogen-bond donors (Lipinski definition) is 2. The van der Waals surface area contributed by atoms with Crippen LogP contribution in [0.2, 0.25) is 0 Å². The molecule has 1 atom stereocenters. The van der Waals surface area contributed by atoms with Gasteiger partial charge in [0.1, 0.15) is 6.33 Å². The van der Waals surface area contributed by atoms with Crippen molar-refractivity contribution in [3.8, 4) is 0 Å². The van der Waals surface area contributed by atoms with Crippen molar-refractivity contribution in [2.45, 2.75) is 17.3 Å². The number of aromatic nitrogens is 3. The number of carbonyl (C=O) groups excluding carboxylic acids is 1. The minimum absolute atomic E-state index is 0.0578. The van der Waals surface area contributed by atoms with Crippen LogP contribution in [0.1, 0.15) is 6.92 Å². The smallest absolute Gasteiger partial charge is 0.237 e. The third-order valence-electron chi connectivity index (χ3n) is 2.09. The van der Waals surface area contributed by atoms with Gasteiger partial charge >= 0.3 is 0 Å². The number of anilines is 1. The number of amides is 1. The molecule has 0 bridgehead atoms. The average molecular weight is 248 g/mol. The van der Waals surface area contributed by atoms with Crippen molar-refractivity contribution in [3.05, 3.63) is 36.7 Å². The van der Waals surface area contributed by atoms with Crippen LogP contribution in [0.5, 0.6) is 0 Å². The molecule has 0 radical (unpaired) electrons. The molecule has 1 amide bonds. The Labute approximate surface area is 103 Å². The summed E-state index contributed by atoms with van der Waals surface area (Å²) in [5.41, 5.74) is 0.794. The van der Waals surface area contributed by atoms with Gasteiger partial charge in [-0.1, -0.05) is 30.0 Å². The van der Waals surface area contributed by atoms with E-state index in [1.807, 2.05) is 37.3 Å². The standard InChI is InChI=1S/C11H12N4OS/c1-8(17-11-12-7-13-15-11)10(16)14-9-5-3-2-4-6-9/h2-8H,1H3,(H,14,16)(H,12,13,15)/t8-/m1/s1. The van der Waals surface area contributed by atoms with E-state index in [-0.39, 0.29) is 11.2 Å². The molecule has 2 N–H and O–H groups in total. The maximum absolute atomic E-state index is 11.8. The van der Waals surface area contributed by atoms with Crippen LogP contribution in [-0.2, 0) is 4.79 Å². The van der Waals surface area contributed by atoms with E-state index in [2.05, 4.69) is 20.5 Å². The molecule has 17 heavy (non-hydrogen) atoms. The highest BCUT2D eigenvalue weighted by Crippen LogP contribution is 2.19. The Morgan fingerprint density at radius 1 is 1.41 bits per heavy atom. The number of H-pyrrole nitrogens is 1. The zero-order chi connectivity index (χ0) is 12.1. The maximum Gasteiger partial charge on any atom is 0.237 e. The highest BCUT2D eigenvalue weighted by atomic mass is 32.2. The van der Waals surface area contributed by atoms with Gasteiger partial charge < -0.3 is 5.32 Å². The molecule has 0 aliphatic rings. The molecule has 1 aromatic carbocycles. The van der Waals surface area contributed by atoms with Crippen LogP contribution in [0.25, 0.3) is 0 Å². The number of nitrogens with zero attached hydrogens (tertiary/aromatic N) is 2. The van der Waals surface area contributed by atoms with Crippen molar-refractivity contribution in [1.29, 1.82) is 0 Å². The molecule has 0 fully saturated rings. The molecule has 0 saturated heterocycles. The Balaban J connectivity index is 1.92. The molecular formula is C11H12N4OS. The number of nitrogens with one attached hydrogen (secondary N) is 2. The van der Waals surface area contributed by atoms with Crippen LogP contribution in [0.15, 0.2) is 41.8 Å². The normalized spacial score (nSPS) is 12.1. The van der Waals surface area contributed by atoms with Gasteiger partial charge in [0.2, 0.25) is 5.91 Å². The number of rotatable bonds is 4. The summed E-state index contributed by atoms with van der Waals surface area (Å²) in [6.07, 6.45) is 1.42. The minimum atomic E-state index is -0.233. The fourth-order valence-corrected chi connectivity index (χ4v) is 1.95. The lowest BCUT2D eigenvalue weighted by Gasteiger charge is -2.09. The number of hydrogen-bond acceptors (Lipinski definition) is 4. The van der Waals surface area contributed by atoms with E-state index in [1.165, 1.54) is 18.1 Å². The zero-order valence-electron chi connectivity index (χ0n) is 9.25. The van der Waals surface area contributed by atoms with Crippen molar-refractivity contribution in [3.63, 3.8) is 0 Å². The first-order valence-electron chi connectivity index (χ1n) is 5.13. The monoisotopic (exact) mass is 248 g/mol. The fourth-order valence-electron chi connectivity index (χ4n) is 1.24. The van der Waals surface area contributed by atoms with Gasteiger partial charge in [0.15, 0.2) is 5.16 Å². The second kappa shape index (κ2) is 5.49. The first kappa shape index (κ1) is 11.7. The van der Waals surface area contributed by atoms with Crippen molar-refractivity contribution in [2.24, 2.45) is 0 Å². The number of aromatic amines is 1. The maximum atomic E-state index is 11.8. The topological polar surface area (TPSA) is 70.7 Å². The van der Waals surface area contributed by atoms with Crippen molar-refractivity contribution >= 4 is 23.4 Å². The SMILES string of the molecule is C[C@@H](Sc1ncn[nH]1)C(=O)Nc1ccccc1. The third kappa shape index (κ3) is 3.32. The summed E-state index contributed by atoms with van der Waals surface area (Å²) >= 11 is 1.34. The van der Waals surface area contributed by atoms with Gasteiger partial charge in [-0.2, -0.15) is 5.10 Å². The summed E-state index contributed by atoms with van der Waals surface area (Å²) in [4.78, 5) is 15.8. The quantitative estimate of drug-likeness (QED) is 0.811. The highest BCUT2D eigenvalue weighted by molar-refractivity contribution is 8.00. The Morgan fingerprint density at radius 2 is 2.18 bits per heavy atom. The van der Waals surface area contributed by atoms with E-state index in [0.29, 0.717) is 5.16 Å². The minimum Gasteiger partial charge on any atom is -0.325 e. The second-order valence-electron chi connectivity index (χ2n) is 3.41. The van der Waals surface area contributed by atoms with Crippen LogP contribution in [0.3, 0.4) is 0 Å². The van der Waals surface area contributed by atoms with E-state index in [4.69, 9.17) is 0 Å². The summed E-state index contributed by atoms with van der Waals surface area (Å²) < 4.78 is 0. The lowest BCUT2D eigenvalue weighted by atomic mass is 10.3. The van der Waals surface area contributed by atoms with Crippen molar-refractivity contribution in [2.75, 3.05) is 5.32 Å². The number of thioether (sulfide) groups is 1. The van der Waals surface area contributed by atoms with E-state index in [1.54, 1.807) is 0 Å². The molecule has 6 heteroatoms. The molecule has 0 unspecified atom stereocenters. The molecule has 2 aromatic rings. The van der Waals surface area contributed by atoms with Crippen LogP contribution in [0, 0.1) is 0 Å². The summed E-state index contributed by atoms with van der Waals surface area (Å²) in [5, 5.41) is 9.68. The molecular weight excluding hydrogens is 236 g/mol. The van der Waals surface area contributed by atoms with Crippen LogP contribution >= 0.6 is 11.8 Å². The van der Waals surface area contributed by atoms with Gasteiger partial charge in [-0.25, -0.2) is 4.98 Å². The van der Waals surface area contributed by atoms with E-state index in [9.17, 15) is 4.79 Å². The average Bonchev–Trinajstić information content (AvgIpc) is 2.83. The molecule has 0 spiro atoms. The van der Waals surface area contributed by atoms with Gasteiger partial charge in [0.05, 0.1) is 5.25 Å². The van der Waals surface area contributed by atoms with Gasteiger partial charge in [-0.3, -0.25) is 9.89 Å². The lowest BCUT2D eigenvalue weighted by molar-refractivity contribution is -0.115. The molecule has 1 aromatic heterocycles. The molecule has 0 saturated carbocycles. The Morgan fingerprint density at radius 3 is 2.82 bits per heavy atom. The van der Waals surface area contributed by atoms with Gasteiger partial charge in [-0.15, -0.1) is 0 Å². The largest absolute Gasteiger partial charge is 0.325 e. The summed E-state index contributed by atoms with van der Waals surface area (Å²) in [5.74, 6) is -0.0578. The number of para-hydroxylation sites is 1. The van der Waals surface area contributed by atoms with Crippen molar-refractivity contribution in [1.82, 2.24) is 15.2 Å². The molecule has 0 aliphatic heterocycles. The van der Waals surface area contributed by atoms with Gasteiger partial charge in [-0.05, 0) is 19.1 Å². The molecule has 0 aliphatic carbocycles. The van der Waals surface area contributed by atoms with E-state index >= 15 is 0 Å². The Bertz CT molecular complexity index is 471. The van der Waals surface area contributed by atoms with E-state index in [0.717, 1.165) is 5.69 Å². The van der Waals surface area contributed by atoms with Crippen molar-refractivity contribution < 1.29 is 4.79 Å². The van der Waals surface area contributed by atoms with Crippen LogP contribution < -0.4 is 5.32 Å². The molecule has 5 nitrogen and oxygen atoms in total. The predicted octanol–water partition coefficient (Wildman–Crippen LogP) is 1.92. The number of benzene rings is 1. The Hall–Kier alpha value is -1.82. The Kier molecular flexibility index (Phi) is 3.77. The lowest BCUT2D eigenvalue weighted by Crippen LogP contribution is -2.22.